The van der Waals surface area contributed by atoms with Gasteiger partial charge in [0.2, 0.25) is 0 Å². The van der Waals surface area contributed by atoms with Crippen LogP contribution in [0, 0.1) is 5.82 Å². The SMILES string of the molecule is CCCC(C)N(C)c1cccc(F)c1CNCCOC. The molecule has 0 fully saturated rings. The van der Waals surface area contributed by atoms with Gasteiger partial charge in [0.05, 0.1) is 6.61 Å². The number of halogens is 1. The number of methoxy groups -OCH3 is 1. The zero-order valence-electron chi connectivity index (χ0n) is 13.1. The third-order valence-electron chi connectivity index (χ3n) is 3.63. The van der Waals surface area contributed by atoms with Crippen LogP contribution < -0.4 is 10.2 Å². The predicted octanol–water partition coefficient (Wildman–Crippen LogP) is 3.19. The normalized spacial score (nSPS) is 12.4. The van der Waals surface area contributed by atoms with E-state index in [1.807, 2.05) is 13.1 Å². The van der Waals surface area contributed by atoms with E-state index in [2.05, 4.69) is 24.1 Å². The molecule has 3 nitrogen and oxygen atoms in total. The molecule has 0 bridgehead atoms. The maximum absolute atomic E-state index is 14.1. The molecule has 0 aromatic heterocycles. The molecule has 0 amide bonds. The lowest BCUT2D eigenvalue weighted by atomic mass is 10.1. The highest BCUT2D eigenvalue weighted by atomic mass is 19.1. The van der Waals surface area contributed by atoms with Gasteiger partial charge in [-0.3, -0.25) is 0 Å². The highest BCUT2D eigenvalue weighted by Gasteiger charge is 2.15. The molecule has 0 aliphatic rings. The van der Waals surface area contributed by atoms with Gasteiger partial charge in [-0.15, -0.1) is 0 Å². The quantitative estimate of drug-likeness (QED) is 0.704. The molecule has 0 saturated carbocycles. The van der Waals surface area contributed by atoms with E-state index in [0.717, 1.165) is 30.6 Å². The lowest BCUT2D eigenvalue weighted by Gasteiger charge is -2.29. The lowest BCUT2D eigenvalue weighted by molar-refractivity contribution is 0.199. The number of rotatable bonds is 9. The van der Waals surface area contributed by atoms with Crippen molar-refractivity contribution in [1.29, 1.82) is 0 Å². The van der Waals surface area contributed by atoms with Crippen LogP contribution in [0.3, 0.4) is 0 Å². The Bertz CT molecular complexity index is 398. The molecule has 1 unspecified atom stereocenters. The van der Waals surface area contributed by atoms with E-state index in [4.69, 9.17) is 4.74 Å². The van der Waals surface area contributed by atoms with Gasteiger partial charge >= 0.3 is 0 Å². The fraction of sp³-hybridized carbons (Fsp3) is 0.625. The van der Waals surface area contributed by atoms with Gasteiger partial charge in [-0.25, -0.2) is 4.39 Å². The third-order valence-corrected chi connectivity index (χ3v) is 3.63. The highest BCUT2D eigenvalue weighted by molar-refractivity contribution is 5.54. The lowest BCUT2D eigenvalue weighted by Crippen LogP contribution is -2.30. The van der Waals surface area contributed by atoms with Crippen LogP contribution >= 0.6 is 0 Å². The predicted molar refractivity (Wildman–Crippen MR) is 82.8 cm³/mol. The zero-order chi connectivity index (χ0) is 15.0. The van der Waals surface area contributed by atoms with Gasteiger partial charge in [-0.05, 0) is 25.5 Å². The van der Waals surface area contributed by atoms with Gasteiger partial charge in [0.15, 0.2) is 0 Å². The molecule has 1 atom stereocenters. The maximum atomic E-state index is 14.1. The largest absolute Gasteiger partial charge is 0.383 e. The zero-order valence-corrected chi connectivity index (χ0v) is 13.1. The van der Waals surface area contributed by atoms with Crippen molar-refractivity contribution in [2.75, 3.05) is 32.2 Å². The summed E-state index contributed by atoms with van der Waals surface area (Å²) in [5, 5.41) is 3.22. The topological polar surface area (TPSA) is 24.5 Å². The first-order valence-electron chi connectivity index (χ1n) is 7.31. The second-order valence-corrected chi connectivity index (χ2v) is 5.16. The monoisotopic (exact) mass is 282 g/mol. The molecule has 0 aliphatic carbocycles. The molecule has 1 aromatic carbocycles. The number of anilines is 1. The summed E-state index contributed by atoms with van der Waals surface area (Å²) in [6, 6.07) is 5.69. The molecule has 0 radical (unpaired) electrons. The fourth-order valence-corrected chi connectivity index (χ4v) is 2.29. The molecule has 0 spiro atoms. The molecule has 1 aromatic rings. The second-order valence-electron chi connectivity index (χ2n) is 5.16. The van der Waals surface area contributed by atoms with Crippen LogP contribution in [-0.2, 0) is 11.3 Å². The number of hydrogen-bond donors (Lipinski definition) is 1. The van der Waals surface area contributed by atoms with E-state index in [0.29, 0.717) is 19.2 Å². The molecule has 0 aliphatic heterocycles. The maximum Gasteiger partial charge on any atom is 0.129 e. The van der Waals surface area contributed by atoms with Gasteiger partial charge in [-0.1, -0.05) is 19.4 Å². The molecule has 4 heteroatoms. The van der Waals surface area contributed by atoms with E-state index in [-0.39, 0.29) is 5.82 Å². The molecule has 1 N–H and O–H groups in total. The Morgan fingerprint density at radius 2 is 2.15 bits per heavy atom. The number of benzene rings is 1. The van der Waals surface area contributed by atoms with Gasteiger partial charge in [0, 0.05) is 44.5 Å². The summed E-state index contributed by atoms with van der Waals surface area (Å²) in [5.74, 6) is -0.150. The van der Waals surface area contributed by atoms with E-state index in [1.54, 1.807) is 13.2 Å². The minimum atomic E-state index is -0.150. The van der Waals surface area contributed by atoms with Gasteiger partial charge in [-0.2, -0.15) is 0 Å². The number of ether oxygens (including phenoxy) is 1. The molecular formula is C16H27FN2O. The highest BCUT2D eigenvalue weighted by Crippen LogP contribution is 2.25. The van der Waals surface area contributed by atoms with Crippen LogP contribution in [0.25, 0.3) is 0 Å². The first-order valence-corrected chi connectivity index (χ1v) is 7.31. The summed E-state index contributed by atoms with van der Waals surface area (Å²) in [5.41, 5.74) is 1.70. The molecule has 114 valence electrons. The molecule has 1 rings (SSSR count). The average molecular weight is 282 g/mol. The number of nitrogens with one attached hydrogen (secondary N) is 1. The summed E-state index contributed by atoms with van der Waals surface area (Å²) in [6.07, 6.45) is 2.23. The van der Waals surface area contributed by atoms with Crippen molar-refractivity contribution in [3.63, 3.8) is 0 Å². The smallest absolute Gasteiger partial charge is 0.129 e. The van der Waals surface area contributed by atoms with E-state index < -0.39 is 0 Å². The molecular weight excluding hydrogens is 255 g/mol. The van der Waals surface area contributed by atoms with E-state index in [1.165, 1.54) is 6.07 Å². The van der Waals surface area contributed by atoms with Crippen LogP contribution in [0.4, 0.5) is 10.1 Å². The molecule has 0 saturated heterocycles. The Kier molecular flexibility index (Phi) is 7.55. The minimum Gasteiger partial charge on any atom is -0.383 e. The van der Waals surface area contributed by atoms with Crippen molar-refractivity contribution < 1.29 is 9.13 Å². The summed E-state index contributed by atoms with van der Waals surface area (Å²) >= 11 is 0. The first kappa shape index (κ1) is 16.9. The van der Waals surface area contributed by atoms with Crippen molar-refractivity contribution in [1.82, 2.24) is 5.32 Å². The average Bonchev–Trinajstić information content (AvgIpc) is 2.44. The Balaban J connectivity index is 2.81. The Labute approximate surface area is 122 Å². The van der Waals surface area contributed by atoms with Crippen molar-refractivity contribution in [2.24, 2.45) is 0 Å². The van der Waals surface area contributed by atoms with Crippen molar-refractivity contribution in [3.05, 3.63) is 29.6 Å². The summed E-state index contributed by atoms with van der Waals surface area (Å²) in [4.78, 5) is 2.17. The second kappa shape index (κ2) is 8.93. The van der Waals surface area contributed by atoms with Crippen LogP contribution in [0.5, 0.6) is 0 Å². The van der Waals surface area contributed by atoms with Gasteiger partial charge in [0.25, 0.3) is 0 Å². The van der Waals surface area contributed by atoms with E-state index >= 15 is 0 Å². The first-order chi connectivity index (χ1) is 9.61. The molecule has 20 heavy (non-hydrogen) atoms. The van der Waals surface area contributed by atoms with Crippen LogP contribution in [0.15, 0.2) is 18.2 Å². The van der Waals surface area contributed by atoms with Gasteiger partial charge in [0.1, 0.15) is 5.82 Å². The standard InChI is InChI=1S/C16H27FN2O/c1-5-7-13(2)19(3)16-9-6-8-15(17)14(16)12-18-10-11-20-4/h6,8-9,13,18H,5,7,10-12H2,1-4H3. The van der Waals surface area contributed by atoms with Crippen molar-refractivity contribution in [3.8, 4) is 0 Å². The Morgan fingerprint density at radius 3 is 2.80 bits per heavy atom. The Hall–Kier alpha value is -1.13. The Morgan fingerprint density at radius 1 is 1.40 bits per heavy atom. The number of hydrogen-bond acceptors (Lipinski definition) is 3. The van der Waals surface area contributed by atoms with Crippen molar-refractivity contribution >= 4 is 5.69 Å². The summed E-state index contributed by atoms with van der Waals surface area (Å²) < 4.78 is 19.1. The summed E-state index contributed by atoms with van der Waals surface area (Å²) in [6.45, 7) is 6.22. The minimum absolute atomic E-state index is 0.150. The van der Waals surface area contributed by atoms with Crippen LogP contribution in [-0.4, -0.2) is 33.4 Å². The van der Waals surface area contributed by atoms with Crippen LogP contribution in [0.2, 0.25) is 0 Å². The fourth-order valence-electron chi connectivity index (χ4n) is 2.29. The summed E-state index contributed by atoms with van der Waals surface area (Å²) in [7, 11) is 3.70. The van der Waals surface area contributed by atoms with E-state index in [9.17, 15) is 4.39 Å². The number of nitrogens with zero attached hydrogens (tertiary/aromatic N) is 1. The van der Waals surface area contributed by atoms with Crippen LogP contribution in [0.1, 0.15) is 32.3 Å². The third kappa shape index (κ3) is 4.76. The molecule has 0 heterocycles. The van der Waals surface area contributed by atoms with Gasteiger partial charge < -0.3 is 15.0 Å². The van der Waals surface area contributed by atoms with Crippen molar-refractivity contribution in [2.45, 2.75) is 39.3 Å².